The van der Waals surface area contributed by atoms with Gasteiger partial charge in [-0.1, -0.05) is 11.6 Å². The second-order valence-electron chi connectivity index (χ2n) is 3.77. The molecule has 4 N–H and O–H groups in total. The third kappa shape index (κ3) is 3.08. The van der Waals surface area contributed by atoms with Gasteiger partial charge in [-0.15, -0.1) is 0 Å². The molecule has 0 aliphatic carbocycles. The minimum Gasteiger partial charge on any atom is -0.505 e. The first kappa shape index (κ1) is 13.7. The van der Waals surface area contributed by atoms with Crippen LogP contribution in [0.25, 0.3) is 0 Å². The van der Waals surface area contributed by atoms with E-state index in [1.807, 2.05) is 0 Å². The Morgan fingerprint density at radius 1 is 1.65 bits per heavy atom. The molecule has 0 aliphatic heterocycles. The van der Waals surface area contributed by atoms with Crippen LogP contribution in [-0.2, 0) is 4.79 Å². The molecule has 0 amide bonds. The zero-order chi connectivity index (χ0) is 13.2. The molecular formula is C11H13ClFNO3. The molecule has 17 heavy (non-hydrogen) atoms. The van der Waals surface area contributed by atoms with Gasteiger partial charge in [0, 0.05) is 23.0 Å². The van der Waals surface area contributed by atoms with E-state index >= 15 is 0 Å². The fourth-order valence-electron chi connectivity index (χ4n) is 1.60. The monoisotopic (exact) mass is 261 g/mol. The van der Waals surface area contributed by atoms with Crippen molar-refractivity contribution in [3.63, 3.8) is 0 Å². The Kier molecular flexibility index (Phi) is 4.31. The molecule has 94 valence electrons. The summed E-state index contributed by atoms with van der Waals surface area (Å²) in [6, 6.07) is 0.235. The summed E-state index contributed by atoms with van der Waals surface area (Å²) in [5, 5.41) is 18.3. The molecule has 0 radical (unpaired) electrons. The van der Waals surface area contributed by atoms with Gasteiger partial charge in [0.25, 0.3) is 0 Å². The lowest BCUT2D eigenvalue weighted by Gasteiger charge is -2.17. The van der Waals surface area contributed by atoms with Gasteiger partial charge in [0.2, 0.25) is 0 Å². The molecule has 0 aliphatic rings. The molecule has 1 rings (SSSR count). The maximum absolute atomic E-state index is 13.3. The lowest BCUT2D eigenvalue weighted by Crippen LogP contribution is -2.14. The number of nitrogens with two attached hydrogens (primary N) is 1. The van der Waals surface area contributed by atoms with Crippen LogP contribution >= 0.6 is 11.6 Å². The molecule has 1 unspecified atom stereocenters. The molecule has 0 saturated heterocycles. The zero-order valence-corrected chi connectivity index (χ0v) is 9.96. The summed E-state index contributed by atoms with van der Waals surface area (Å²) in [7, 11) is 0. The van der Waals surface area contributed by atoms with Crippen LogP contribution in [0.2, 0.25) is 5.02 Å². The maximum atomic E-state index is 13.3. The summed E-state index contributed by atoms with van der Waals surface area (Å²) in [6.07, 6.45) is -0.0578. The highest BCUT2D eigenvalue weighted by Crippen LogP contribution is 2.35. The minimum atomic E-state index is -1.000. The van der Waals surface area contributed by atoms with Crippen LogP contribution in [0.1, 0.15) is 30.0 Å². The second kappa shape index (κ2) is 5.33. The molecule has 0 aromatic heterocycles. The number of carboxylic acid groups (broad SMARTS) is 1. The Hall–Kier alpha value is -1.33. The first-order valence-corrected chi connectivity index (χ1v) is 5.37. The minimum absolute atomic E-state index is 0.101. The largest absolute Gasteiger partial charge is 0.505 e. The first-order valence-electron chi connectivity index (χ1n) is 4.99. The van der Waals surface area contributed by atoms with E-state index in [9.17, 15) is 14.3 Å². The fourth-order valence-corrected chi connectivity index (χ4v) is 1.80. The van der Waals surface area contributed by atoms with E-state index in [1.165, 1.54) is 0 Å². The van der Waals surface area contributed by atoms with Crippen molar-refractivity contribution in [1.82, 2.24) is 0 Å². The molecule has 0 heterocycles. The molecule has 0 saturated carbocycles. The van der Waals surface area contributed by atoms with Crippen molar-refractivity contribution in [2.75, 3.05) is 0 Å². The number of benzene rings is 1. The van der Waals surface area contributed by atoms with Crippen molar-refractivity contribution in [2.24, 2.45) is 5.73 Å². The van der Waals surface area contributed by atoms with Gasteiger partial charge in [-0.25, -0.2) is 4.39 Å². The fraction of sp³-hybridized carbons (Fsp3) is 0.364. The van der Waals surface area contributed by atoms with Crippen LogP contribution in [0, 0.1) is 12.7 Å². The van der Waals surface area contributed by atoms with Gasteiger partial charge in [0.05, 0.1) is 0 Å². The van der Waals surface area contributed by atoms with E-state index in [1.54, 1.807) is 6.92 Å². The summed E-state index contributed by atoms with van der Waals surface area (Å²) >= 11 is 5.77. The normalized spacial score (nSPS) is 12.5. The van der Waals surface area contributed by atoms with Crippen molar-refractivity contribution in [3.8, 4) is 5.75 Å². The predicted molar refractivity (Wildman–Crippen MR) is 61.6 cm³/mol. The number of aliphatic carboxylic acids is 1. The third-order valence-electron chi connectivity index (χ3n) is 2.54. The highest BCUT2D eigenvalue weighted by molar-refractivity contribution is 6.31. The highest BCUT2D eigenvalue weighted by atomic mass is 35.5. The van der Waals surface area contributed by atoms with Crippen LogP contribution in [0.4, 0.5) is 4.39 Å². The van der Waals surface area contributed by atoms with Gasteiger partial charge in [-0.3, -0.25) is 4.79 Å². The Morgan fingerprint density at radius 2 is 2.24 bits per heavy atom. The number of aromatic hydroxyl groups is 1. The summed E-state index contributed by atoms with van der Waals surface area (Å²) < 4.78 is 13.3. The quantitative estimate of drug-likeness (QED) is 0.777. The molecule has 0 spiro atoms. The van der Waals surface area contributed by atoms with E-state index in [0.29, 0.717) is 5.56 Å². The van der Waals surface area contributed by atoms with Crippen LogP contribution < -0.4 is 5.73 Å². The van der Waals surface area contributed by atoms with Crippen LogP contribution in [0.5, 0.6) is 5.75 Å². The molecular weight excluding hydrogens is 249 g/mol. The molecule has 0 fully saturated rings. The molecule has 1 aromatic rings. The number of phenols is 1. The molecule has 1 atom stereocenters. The van der Waals surface area contributed by atoms with Crippen LogP contribution in [0.15, 0.2) is 6.07 Å². The number of phenolic OH excluding ortho intramolecular Hbond substituents is 1. The first-order chi connectivity index (χ1) is 7.84. The number of hydrogen-bond donors (Lipinski definition) is 3. The second-order valence-corrected chi connectivity index (χ2v) is 4.17. The summed E-state index contributed by atoms with van der Waals surface area (Å²) in [6.45, 7) is 1.59. The Bertz CT molecular complexity index is 425. The lowest BCUT2D eigenvalue weighted by atomic mass is 9.97. The van der Waals surface area contributed by atoms with Gasteiger partial charge in [-0.2, -0.15) is 0 Å². The topological polar surface area (TPSA) is 83.5 Å². The molecule has 0 bridgehead atoms. The summed E-state index contributed by atoms with van der Waals surface area (Å²) in [5.41, 5.74) is 6.36. The SMILES string of the molecule is Cc1c(Cl)cc(F)c(O)c1C(N)CCC(=O)O. The van der Waals surface area contributed by atoms with Gasteiger partial charge in [0.15, 0.2) is 11.6 Å². The van der Waals surface area contributed by atoms with Crippen molar-refractivity contribution < 1.29 is 19.4 Å². The van der Waals surface area contributed by atoms with E-state index in [2.05, 4.69) is 0 Å². The molecule has 4 nitrogen and oxygen atoms in total. The van der Waals surface area contributed by atoms with E-state index in [0.717, 1.165) is 6.07 Å². The number of carboxylic acids is 1. The average Bonchev–Trinajstić information content (AvgIpc) is 2.24. The Morgan fingerprint density at radius 3 is 2.76 bits per heavy atom. The highest BCUT2D eigenvalue weighted by Gasteiger charge is 2.20. The number of rotatable bonds is 4. The van der Waals surface area contributed by atoms with E-state index in [-0.39, 0.29) is 23.4 Å². The van der Waals surface area contributed by atoms with Crippen LogP contribution in [-0.4, -0.2) is 16.2 Å². The Balaban J connectivity index is 3.07. The Labute approximate surface area is 103 Å². The number of hydrogen-bond acceptors (Lipinski definition) is 3. The standard InChI is InChI=1S/C11H13ClFNO3/c1-5-6(12)4-7(13)11(17)10(5)8(14)2-3-9(15)16/h4,8,17H,2-3,14H2,1H3,(H,15,16). The predicted octanol–water partition coefficient (Wildman–Crippen LogP) is 2.36. The van der Waals surface area contributed by atoms with Gasteiger partial charge in [0.1, 0.15) is 0 Å². The van der Waals surface area contributed by atoms with Gasteiger partial charge in [-0.05, 0) is 25.0 Å². The number of halogens is 2. The van der Waals surface area contributed by atoms with Crippen molar-refractivity contribution in [1.29, 1.82) is 0 Å². The smallest absolute Gasteiger partial charge is 0.303 e. The lowest BCUT2D eigenvalue weighted by molar-refractivity contribution is -0.137. The molecule has 1 aromatic carbocycles. The zero-order valence-electron chi connectivity index (χ0n) is 9.20. The van der Waals surface area contributed by atoms with Gasteiger partial charge >= 0.3 is 5.97 Å². The van der Waals surface area contributed by atoms with Crippen molar-refractivity contribution >= 4 is 17.6 Å². The molecule has 6 heteroatoms. The average molecular weight is 262 g/mol. The number of carbonyl (C=O) groups is 1. The van der Waals surface area contributed by atoms with E-state index in [4.69, 9.17) is 22.4 Å². The maximum Gasteiger partial charge on any atom is 0.303 e. The van der Waals surface area contributed by atoms with Gasteiger partial charge < -0.3 is 15.9 Å². The van der Waals surface area contributed by atoms with E-state index < -0.39 is 23.6 Å². The van der Waals surface area contributed by atoms with Crippen molar-refractivity contribution in [2.45, 2.75) is 25.8 Å². The third-order valence-corrected chi connectivity index (χ3v) is 2.93. The van der Waals surface area contributed by atoms with Crippen molar-refractivity contribution in [3.05, 3.63) is 28.0 Å². The summed E-state index contributed by atoms with van der Waals surface area (Å²) in [4.78, 5) is 10.4. The van der Waals surface area contributed by atoms with Crippen LogP contribution in [0.3, 0.4) is 0 Å². The summed E-state index contributed by atoms with van der Waals surface area (Å²) in [5.74, 6) is -2.42.